The number of methoxy groups -OCH3 is 3. The number of amides is 1. The van der Waals surface area contributed by atoms with Gasteiger partial charge in [0.25, 0.3) is 0 Å². The highest BCUT2D eigenvalue weighted by atomic mass is 32.2. The zero-order valence-electron chi connectivity index (χ0n) is 16.4. The molecule has 0 unspecified atom stereocenters. The van der Waals surface area contributed by atoms with Crippen LogP contribution >= 0.6 is 0 Å². The maximum Gasteiger partial charge on any atom is 0.248 e. The fourth-order valence-corrected chi connectivity index (χ4v) is 3.92. The van der Waals surface area contributed by atoms with Gasteiger partial charge in [0.2, 0.25) is 15.9 Å². The van der Waals surface area contributed by atoms with Gasteiger partial charge >= 0.3 is 0 Å². The second-order valence-corrected chi connectivity index (χ2v) is 7.82. The van der Waals surface area contributed by atoms with Gasteiger partial charge < -0.3 is 19.5 Å². The Morgan fingerprint density at radius 3 is 2.14 bits per heavy atom. The Hall–Kier alpha value is -2.94. The number of hydrogen-bond donors (Lipinski definition) is 1. The number of nitrogens with zero attached hydrogens (tertiary/aromatic N) is 1. The minimum atomic E-state index is -3.77. The maximum absolute atomic E-state index is 12.8. The molecule has 0 fully saturated rings. The fraction of sp³-hybridized carbons (Fsp3) is 0.316. The molecule has 152 valence electrons. The van der Waals surface area contributed by atoms with E-state index in [9.17, 15) is 13.2 Å². The van der Waals surface area contributed by atoms with Crippen LogP contribution in [0.5, 0.6) is 17.2 Å². The fourth-order valence-electron chi connectivity index (χ4n) is 2.76. The largest absolute Gasteiger partial charge is 0.495 e. The Balaban J connectivity index is 2.39. The molecule has 0 aliphatic rings. The van der Waals surface area contributed by atoms with Crippen LogP contribution in [0.25, 0.3) is 0 Å². The average Bonchev–Trinajstić information content (AvgIpc) is 2.67. The number of hydrogen-bond acceptors (Lipinski definition) is 6. The molecule has 1 N–H and O–H groups in total. The monoisotopic (exact) mass is 408 g/mol. The minimum absolute atomic E-state index is 0.280. The van der Waals surface area contributed by atoms with Crippen LogP contribution in [-0.2, 0) is 14.8 Å². The number of carbonyl (C=O) groups is 1. The lowest BCUT2D eigenvalue weighted by atomic mass is 10.2. The number of para-hydroxylation sites is 2. The zero-order valence-corrected chi connectivity index (χ0v) is 17.2. The second kappa shape index (κ2) is 8.83. The van der Waals surface area contributed by atoms with E-state index >= 15 is 0 Å². The first-order valence-corrected chi connectivity index (χ1v) is 10.2. The Labute approximate surface area is 165 Å². The van der Waals surface area contributed by atoms with Crippen LogP contribution in [0.2, 0.25) is 0 Å². The van der Waals surface area contributed by atoms with Gasteiger partial charge in [-0.15, -0.1) is 0 Å². The number of ether oxygens (including phenoxy) is 3. The molecule has 0 radical (unpaired) electrons. The van der Waals surface area contributed by atoms with Gasteiger partial charge in [-0.25, -0.2) is 8.42 Å². The number of carbonyl (C=O) groups excluding carboxylic acids is 1. The number of anilines is 2. The number of rotatable bonds is 8. The molecular formula is C19H24N2O6S. The van der Waals surface area contributed by atoms with Crippen molar-refractivity contribution < 1.29 is 27.4 Å². The van der Waals surface area contributed by atoms with Gasteiger partial charge in [-0.05, 0) is 31.2 Å². The van der Waals surface area contributed by atoms with Crippen molar-refractivity contribution in [2.24, 2.45) is 0 Å². The molecule has 9 heteroatoms. The van der Waals surface area contributed by atoms with E-state index in [0.717, 1.165) is 10.6 Å². The van der Waals surface area contributed by atoms with E-state index in [1.54, 1.807) is 36.4 Å². The summed E-state index contributed by atoms with van der Waals surface area (Å²) in [6.45, 7) is 1.50. The Morgan fingerprint density at radius 1 is 0.964 bits per heavy atom. The van der Waals surface area contributed by atoms with E-state index in [2.05, 4.69) is 5.32 Å². The lowest BCUT2D eigenvalue weighted by Crippen LogP contribution is -2.45. The molecular weight excluding hydrogens is 384 g/mol. The summed E-state index contributed by atoms with van der Waals surface area (Å²) >= 11 is 0. The van der Waals surface area contributed by atoms with Crippen molar-refractivity contribution in [3.8, 4) is 17.2 Å². The van der Waals surface area contributed by atoms with Crippen molar-refractivity contribution in [2.45, 2.75) is 13.0 Å². The van der Waals surface area contributed by atoms with Gasteiger partial charge in [0.1, 0.15) is 11.8 Å². The summed E-state index contributed by atoms with van der Waals surface area (Å²) in [7, 11) is 0.647. The minimum Gasteiger partial charge on any atom is -0.495 e. The molecule has 1 atom stereocenters. The number of nitrogens with one attached hydrogen (secondary N) is 1. The van der Waals surface area contributed by atoms with Gasteiger partial charge in [-0.3, -0.25) is 9.10 Å². The summed E-state index contributed by atoms with van der Waals surface area (Å²) in [6, 6.07) is 10.5. The Kier molecular flexibility index (Phi) is 6.74. The molecule has 8 nitrogen and oxygen atoms in total. The van der Waals surface area contributed by atoms with Gasteiger partial charge in [0, 0.05) is 6.07 Å². The highest BCUT2D eigenvalue weighted by molar-refractivity contribution is 7.92. The summed E-state index contributed by atoms with van der Waals surface area (Å²) in [5.41, 5.74) is 0.727. The van der Waals surface area contributed by atoms with Gasteiger partial charge in [-0.1, -0.05) is 12.1 Å². The van der Waals surface area contributed by atoms with Gasteiger partial charge in [0.15, 0.2) is 11.5 Å². The normalized spacial score (nSPS) is 12.0. The summed E-state index contributed by atoms with van der Waals surface area (Å²) in [4.78, 5) is 12.8. The van der Waals surface area contributed by atoms with Crippen LogP contribution in [0.4, 0.5) is 11.4 Å². The summed E-state index contributed by atoms with van der Waals surface area (Å²) in [6.07, 6.45) is 1.04. The highest BCUT2D eigenvalue weighted by Crippen LogP contribution is 2.33. The molecule has 0 saturated carbocycles. The SMILES string of the molecule is COc1ccccc1NC(=O)[C@H](C)N(c1ccc(OC)c(OC)c1)S(C)(=O)=O. The van der Waals surface area contributed by atoms with E-state index in [-0.39, 0.29) is 5.69 Å². The Morgan fingerprint density at radius 2 is 1.57 bits per heavy atom. The smallest absolute Gasteiger partial charge is 0.248 e. The first-order valence-electron chi connectivity index (χ1n) is 8.38. The van der Waals surface area contributed by atoms with Crippen molar-refractivity contribution in [1.29, 1.82) is 0 Å². The third-order valence-electron chi connectivity index (χ3n) is 4.07. The average molecular weight is 408 g/mol. The van der Waals surface area contributed by atoms with Gasteiger partial charge in [0.05, 0.1) is 39.0 Å². The maximum atomic E-state index is 12.8. The predicted octanol–water partition coefficient (Wildman–Crippen LogP) is 2.51. The molecule has 0 heterocycles. The molecule has 0 saturated heterocycles. The highest BCUT2D eigenvalue weighted by Gasteiger charge is 2.30. The third kappa shape index (κ3) is 4.66. The van der Waals surface area contributed by atoms with E-state index in [1.807, 2.05) is 0 Å². The van der Waals surface area contributed by atoms with E-state index in [1.165, 1.54) is 34.3 Å². The van der Waals surface area contributed by atoms with Crippen LogP contribution in [0, 0.1) is 0 Å². The molecule has 0 aliphatic carbocycles. The summed E-state index contributed by atoms with van der Waals surface area (Å²) in [5, 5.41) is 2.71. The molecule has 1 amide bonds. The van der Waals surface area contributed by atoms with Crippen molar-refractivity contribution in [1.82, 2.24) is 0 Å². The first kappa shape index (κ1) is 21.4. The lowest BCUT2D eigenvalue weighted by Gasteiger charge is -2.28. The van der Waals surface area contributed by atoms with Crippen molar-refractivity contribution >= 4 is 27.3 Å². The molecule has 2 aromatic rings. The topological polar surface area (TPSA) is 94.2 Å². The Bertz CT molecular complexity index is 945. The van der Waals surface area contributed by atoms with Crippen LogP contribution in [0.3, 0.4) is 0 Å². The molecule has 0 spiro atoms. The van der Waals surface area contributed by atoms with Crippen LogP contribution in [0.1, 0.15) is 6.92 Å². The molecule has 2 rings (SSSR count). The predicted molar refractivity (Wildman–Crippen MR) is 108 cm³/mol. The van der Waals surface area contributed by atoms with E-state index in [0.29, 0.717) is 22.9 Å². The van der Waals surface area contributed by atoms with Crippen molar-refractivity contribution in [3.05, 3.63) is 42.5 Å². The van der Waals surface area contributed by atoms with E-state index in [4.69, 9.17) is 14.2 Å². The second-order valence-electron chi connectivity index (χ2n) is 5.96. The molecule has 0 aromatic heterocycles. The molecule has 0 bridgehead atoms. The summed E-state index contributed by atoms with van der Waals surface area (Å²) in [5.74, 6) is 0.765. The van der Waals surface area contributed by atoms with Crippen LogP contribution < -0.4 is 23.8 Å². The van der Waals surface area contributed by atoms with Gasteiger partial charge in [-0.2, -0.15) is 0 Å². The standard InChI is InChI=1S/C19H24N2O6S/c1-13(19(22)20-15-8-6-7-9-16(15)25-2)21(28(5,23)24)14-10-11-17(26-3)18(12-14)27-4/h6-13H,1-5H3,(H,20,22)/t13-/m0/s1. The zero-order chi connectivity index (χ0) is 20.9. The van der Waals surface area contributed by atoms with Crippen LogP contribution in [-0.4, -0.2) is 48.0 Å². The van der Waals surface area contributed by atoms with Crippen molar-refractivity contribution in [2.75, 3.05) is 37.2 Å². The quantitative estimate of drug-likeness (QED) is 0.721. The number of sulfonamides is 1. The molecule has 2 aromatic carbocycles. The first-order chi connectivity index (χ1) is 13.2. The third-order valence-corrected chi connectivity index (χ3v) is 5.32. The van der Waals surface area contributed by atoms with Crippen LogP contribution in [0.15, 0.2) is 42.5 Å². The summed E-state index contributed by atoms with van der Waals surface area (Å²) < 4.78 is 41.6. The molecule has 28 heavy (non-hydrogen) atoms. The number of benzene rings is 2. The molecule has 0 aliphatic heterocycles. The lowest BCUT2D eigenvalue weighted by molar-refractivity contribution is -0.116. The van der Waals surface area contributed by atoms with E-state index < -0.39 is 22.0 Å². The van der Waals surface area contributed by atoms with Crippen molar-refractivity contribution in [3.63, 3.8) is 0 Å².